The Morgan fingerprint density at radius 3 is 2.58 bits per heavy atom. The summed E-state index contributed by atoms with van der Waals surface area (Å²) in [4.78, 5) is 17.1. The number of hydrogen-bond acceptors (Lipinski definition) is 3. The highest BCUT2D eigenvalue weighted by Crippen LogP contribution is 2.19. The molecule has 1 amide bonds. The van der Waals surface area contributed by atoms with Crippen LogP contribution in [0, 0.1) is 5.92 Å². The van der Waals surface area contributed by atoms with E-state index in [4.69, 9.17) is 0 Å². The first kappa shape index (κ1) is 21.4. The Hall–Kier alpha value is -0.910. The van der Waals surface area contributed by atoms with Crippen LogP contribution in [0.5, 0.6) is 0 Å². The Balaban J connectivity index is 1.68. The van der Waals surface area contributed by atoms with E-state index in [9.17, 15) is 4.79 Å². The molecule has 0 aromatic heterocycles. The van der Waals surface area contributed by atoms with Gasteiger partial charge in [-0.05, 0) is 76.5 Å². The number of benzene rings is 1. The second-order valence-electron chi connectivity index (χ2n) is 7.68. The molecule has 0 saturated carbocycles. The molecule has 1 atom stereocenters. The normalized spacial score (nSPS) is 17.4. The van der Waals surface area contributed by atoms with Crippen molar-refractivity contribution in [1.29, 1.82) is 0 Å². The van der Waals surface area contributed by atoms with E-state index in [1.54, 1.807) is 0 Å². The van der Waals surface area contributed by atoms with Crippen LogP contribution in [0.25, 0.3) is 0 Å². The molecular weight excluding hydrogens is 390 g/mol. The molecule has 146 valence electrons. The van der Waals surface area contributed by atoms with Gasteiger partial charge in [0, 0.05) is 11.0 Å². The number of hydrogen-bond donors (Lipinski definition) is 1. The average molecular weight is 424 g/mol. The summed E-state index contributed by atoms with van der Waals surface area (Å²) in [5, 5.41) is 3.13. The number of carbonyl (C=O) groups is 1. The van der Waals surface area contributed by atoms with Gasteiger partial charge in [0.25, 0.3) is 0 Å². The third-order valence-electron chi connectivity index (χ3n) is 5.29. The molecule has 0 bridgehead atoms. The molecular formula is C21H34BrN3O. The maximum Gasteiger partial charge on any atom is 0.234 e. The lowest BCUT2D eigenvalue weighted by Crippen LogP contribution is -2.43. The van der Waals surface area contributed by atoms with Crippen molar-refractivity contribution in [2.75, 3.05) is 39.8 Å². The summed E-state index contributed by atoms with van der Waals surface area (Å²) in [7, 11) is 2.24. The fourth-order valence-electron chi connectivity index (χ4n) is 3.61. The molecule has 4 nitrogen and oxygen atoms in total. The van der Waals surface area contributed by atoms with Gasteiger partial charge in [0.05, 0.1) is 12.6 Å². The number of unbranched alkanes of at least 4 members (excludes halogenated alkanes) is 1. The molecule has 2 rings (SSSR count). The van der Waals surface area contributed by atoms with Crippen LogP contribution >= 0.6 is 15.9 Å². The molecule has 1 unspecified atom stereocenters. The quantitative estimate of drug-likeness (QED) is 0.649. The molecule has 1 fully saturated rings. The highest BCUT2D eigenvalue weighted by molar-refractivity contribution is 9.10. The van der Waals surface area contributed by atoms with Crippen molar-refractivity contribution in [2.24, 2.45) is 5.92 Å². The molecule has 0 radical (unpaired) electrons. The Bertz CT molecular complexity index is 541. The summed E-state index contributed by atoms with van der Waals surface area (Å²) in [5.41, 5.74) is 1.13. The number of nitrogens with one attached hydrogen (secondary N) is 1. The number of carbonyl (C=O) groups excluding carboxylic acids is 1. The minimum absolute atomic E-state index is 0.0420. The topological polar surface area (TPSA) is 35.6 Å². The minimum Gasteiger partial charge on any atom is -0.348 e. The van der Waals surface area contributed by atoms with Gasteiger partial charge in [-0.15, -0.1) is 0 Å². The number of likely N-dealkylation sites (tertiary alicyclic amines) is 1. The van der Waals surface area contributed by atoms with E-state index in [1.807, 2.05) is 19.1 Å². The Morgan fingerprint density at radius 1 is 1.31 bits per heavy atom. The summed E-state index contributed by atoms with van der Waals surface area (Å²) >= 11 is 3.45. The lowest BCUT2D eigenvalue weighted by Gasteiger charge is -2.33. The maximum atomic E-state index is 12.4. The zero-order chi connectivity index (χ0) is 18.9. The lowest BCUT2D eigenvalue weighted by atomic mass is 9.96. The second kappa shape index (κ2) is 11.1. The number of amides is 1. The summed E-state index contributed by atoms with van der Waals surface area (Å²) in [6.07, 6.45) is 4.95. The van der Waals surface area contributed by atoms with Crippen molar-refractivity contribution < 1.29 is 4.79 Å². The first-order valence-corrected chi connectivity index (χ1v) is 10.7. The molecule has 1 aromatic rings. The van der Waals surface area contributed by atoms with Crippen LogP contribution in [0.15, 0.2) is 28.7 Å². The van der Waals surface area contributed by atoms with Crippen LogP contribution in [0.1, 0.15) is 51.1 Å². The van der Waals surface area contributed by atoms with Crippen molar-refractivity contribution >= 4 is 21.8 Å². The standard InChI is InChI=1S/C21H34BrN3O/c1-4-5-12-24(3)15-18-10-13-25(14-11-18)16-21(26)23-17(2)19-6-8-20(22)9-7-19/h6-9,17-18H,4-5,10-16H2,1-3H3,(H,23,26). The Kier molecular flexibility index (Phi) is 9.09. The van der Waals surface area contributed by atoms with E-state index in [0.29, 0.717) is 6.54 Å². The Morgan fingerprint density at radius 2 is 1.96 bits per heavy atom. The largest absolute Gasteiger partial charge is 0.348 e. The zero-order valence-corrected chi connectivity index (χ0v) is 18.1. The van der Waals surface area contributed by atoms with Crippen molar-refractivity contribution in [3.05, 3.63) is 34.3 Å². The van der Waals surface area contributed by atoms with Crippen LogP contribution in [0.4, 0.5) is 0 Å². The zero-order valence-electron chi connectivity index (χ0n) is 16.5. The lowest BCUT2D eigenvalue weighted by molar-refractivity contribution is -0.123. The van der Waals surface area contributed by atoms with Crippen molar-refractivity contribution in [3.8, 4) is 0 Å². The van der Waals surface area contributed by atoms with Crippen LogP contribution < -0.4 is 5.32 Å². The summed E-state index contributed by atoms with van der Waals surface area (Å²) in [6.45, 7) is 9.26. The SMILES string of the molecule is CCCCN(C)CC1CCN(CC(=O)NC(C)c2ccc(Br)cc2)CC1. The van der Waals surface area contributed by atoms with Gasteiger partial charge in [-0.3, -0.25) is 9.69 Å². The Labute approximate surface area is 167 Å². The van der Waals surface area contributed by atoms with Gasteiger partial charge in [-0.25, -0.2) is 0 Å². The van der Waals surface area contributed by atoms with Gasteiger partial charge in [0.1, 0.15) is 0 Å². The van der Waals surface area contributed by atoms with Gasteiger partial charge in [0.15, 0.2) is 0 Å². The van der Waals surface area contributed by atoms with Crippen LogP contribution in [-0.2, 0) is 4.79 Å². The second-order valence-corrected chi connectivity index (χ2v) is 8.59. The molecule has 1 N–H and O–H groups in total. The molecule has 1 aliphatic rings. The van der Waals surface area contributed by atoms with Gasteiger partial charge < -0.3 is 10.2 Å². The van der Waals surface area contributed by atoms with E-state index in [2.05, 4.69) is 57.2 Å². The van der Waals surface area contributed by atoms with Gasteiger partial charge in [-0.1, -0.05) is 41.4 Å². The van der Waals surface area contributed by atoms with Crippen molar-refractivity contribution in [2.45, 2.75) is 45.6 Å². The predicted molar refractivity (Wildman–Crippen MR) is 112 cm³/mol. The number of piperidine rings is 1. The first-order chi connectivity index (χ1) is 12.5. The monoisotopic (exact) mass is 423 g/mol. The molecule has 1 heterocycles. The number of nitrogens with zero attached hydrogens (tertiary/aromatic N) is 2. The van der Waals surface area contributed by atoms with Gasteiger partial charge >= 0.3 is 0 Å². The van der Waals surface area contributed by atoms with Gasteiger partial charge in [0.2, 0.25) is 5.91 Å². The number of halogens is 1. The molecule has 0 aliphatic carbocycles. The van der Waals surface area contributed by atoms with Crippen LogP contribution in [-0.4, -0.2) is 55.5 Å². The van der Waals surface area contributed by atoms with E-state index in [-0.39, 0.29) is 11.9 Å². The summed E-state index contributed by atoms with van der Waals surface area (Å²) in [5.74, 6) is 0.900. The smallest absolute Gasteiger partial charge is 0.234 e. The van der Waals surface area contributed by atoms with E-state index < -0.39 is 0 Å². The maximum absolute atomic E-state index is 12.4. The minimum atomic E-state index is 0.0420. The summed E-state index contributed by atoms with van der Waals surface area (Å²) < 4.78 is 1.06. The molecule has 1 saturated heterocycles. The van der Waals surface area contributed by atoms with Gasteiger partial charge in [-0.2, -0.15) is 0 Å². The van der Waals surface area contributed by atoms with Crippen LogP contribution in [0.3, 0.4) is 0 Å². The fraction of sp³-hybridized carbons (Fsp3) is 0.667. The van der Waals surface area contributed by atoms with E-state index in [0.717, 1.165) is 29.0 Å². The molecule has 0 spiro atoms. The molecule has 5 heteroatoms. The fourth-order valence-corrected chi connectivity index (χ4v) is 3.88. The van der Waals surface area contributed by atoms with Crippen molar-refractivity contribution in [1.82, 2.24) is 15.1 Å². The highest BCUT2D eigenvalue weighted by atomic mass is 79.9. The molecule has 1 aliphatic heterocycles. The predicted octanol–water partition coefficient (Wildman–Crippen LogP) is 4.07. The van der Waals surface area contributed by atoms with E-state index in [1.165, 1.54) is 38.8 Å². The average Bonchev–Trinajstić information content (AvgIpc) is 2.62. The van der Waals surface area contributed by atoms with Crippen LogP contribution in [0.2, 0.25) is 0 Å². The number of rotatable bonds is 9. The third-order valence-corrected chi connectivity index (χ3v) is 5.81. The highest BCUT2D eigenvalue weighted by Gasteiger charge is 2.22. The van der Waals surface area contributed by atoms with E-state index >= 15 is 0 Å². The first-order valence-electron chi connectivity index (χ1n) is 9.93. The molecule has 26 heavy (non-hydrogen) atoms. The molecule has 1 aromatic carbocycles. The third kappa shape index (κ3) is 7.37. The van der Waals surface area contributed by atoms with Crippen molar-refractivity contribution in [3.63, 3.8) is 0 Å². The summed E-state index contributed by atoms with van der Waals surface area (Å²) in [6, 6.07) is 8.17.